The van der Waals surface area contributed by atoms with Gasteiger partial charge in [0.2, 0.25) is 5.91 Å². The van der Waals surface area contributed by atoms with E-state index in [4.69, 9.17) is 15.1 Å². The molecule has 242 valence electrons. The largest absolute Gasteiger partial charge is 0.488 e. The number of piperazine rings is 1. The van der Waals surface area contributed by atoms with Gasteiger partial charge in [0, 0.05) is 75.7 Å². The topological polar surface area (TPSA) is 126 Å². The third-order valence-corrected chi connectivity index (χ3v) is 8.15. The third kappa shape index (κ3) is 7.67. The zero-order valence-electron chi connectivity index (χ0n) is 25.8. The highest BCUT2D eigenvalue weighted by atomic mass is 19.1. The molecule has 3 aromatic rings. The van der Waals surface area contributed by atoms with Gasteiger partial charge in [0.1, 0.15) is 42.4 Å². The SMILES string of the molecule is CNC(=O)[C@H](CCC=O)N1Cc2c(OCc3ccc(CN4CCN(c5ccc(C#N)c(F)c5)CC4)cc3F)cccc2C1=O.CO. The van der Waals surface area contributed by atoms with Gasteiger partial charge in [0.05, 0.1) is 12.1 Å². The lowest BCUT2D eigenvalue weighted by molar-refractivity contribution is -0.125. The standard InChI is InChI=1S/C33H33F2N5O4.CH4O/c1-37-32(42)30(5-3-15-41)40-20-27-26(33(40)43)4-2-6-31(27)44-21-24-8-7-22(16-28(24)34)19-38-11-13-39(14-12-38)25-10-9-23(18-36)29(35)17-25;1-2/h2,4,6-10,15-17,30H,3,5,11-14,19-21H2,1H3,(H,37,42);2H,1H3/t30-;/m0./s1. The minimum absolute atomic E-state index is 0.0242. The summed E-state index contributed by atoms with van der Waals surface area (Å²) < 4.78 is 35.2. The number of ether oxygens (including phenoxy) is 1. The molecule has 2 heterocycles. The molecule has 3 aromatic carbocycles. The zero-order chi connectivity index (χ0) is 33.2. The Labute approximate surface area is 266 Å². The van der Waals surface area contributed by atoms with Crippen LogP contribution in [0.25, 0.3) is 0 Å². The number of hydrogen-bond acceptors (Lipinski definition) is 8. The van der Waals surface area contributed by atoms with Crippen molar-refractivity contribution in [2.24, 2.45) is 0 Å². The van der Waals surface area contributed by atoms with Crippen molar-refractivity contribution < 1.29 is 33.0 Å². The fourth-order valence-corrected chi connectivity index (χ4v) is 5.71. The molecule has 10 nitrogen and oxygen atoms in total. The van der Waals surface area contributed by atoms with Crippen LogP contribution in [0.15, 0.2) is 54.6 Å². The van der Waals surface area contributed by atoms with Crippen LogP contribution >= 0.6 is 0 Å². The first-order valence-corrected chi connectivity index (χ1v) is 14.9. The predicted molar refractivity (Wildman–Crippen MR) is 167 cm³/mol. The highest BCUT2D eigenvalue weighted by Crippen LogP contribution is 2.33. The number of hydrogen-bond donors (Lipinski definition) is 2. The summed E-state index contributed by atoms with van der Waals surface area (Å²) >= 11 is 0. The van der Waals surface area contributed by atoms with Crippen LogP contribution < -0.4 is 15.0 Å². The summed E-state index contributed by atoms with van der Waals surface area (Å²) in [6.45, 7) is 3.48. The van der Waals surface area contributed by atoms with Gasteiger partial charge < -0.3 is 29.8 Å². The lowest BCUT2D eigenvalue weighted by Crippen LogP contribution is -2.46. The summed E-state index contributed by atoms with van der Waals surface area (Å²) in [6, 6.07) is 15.8. The van der Waals surface area contributed by atoms with Crippen LogP contribution in [0.2, 0.25) is 0 Å². The van der Waals surface area contributed by atoms with E-state index >= 15 is 4.39 Å². The summed E-state index contributed by atoms with van der Waals surface area (Å²) in [6.07, 6.45) is 1.08. The number of fused-ring (bicyclic) bond motifs is 1. The number of rotatable bonds is 11. The van der Waals surface area contributed by atoms with E-state index in [1.807, 2.05) is 12.1 Å². The lowest BCUT2D eigenvalue weighted by Gasteiger charge is -2.36. The van der Waals surface area contributed by atoms with Crippen LogP contribution in [0.3, 0.4) is 0 Å². The average molecular weight is 634 g/mol. The van der Waals surface area contributed by atoms with Crippen molar-refractivity contribution in [1.82, 2.24) is 15.1 Å². The highest BCUT2D eigenvalue weighted by Gasteiger charge is 2.37. The van der Waals surface area contributed by atoms with Crippen molar-refractivity contribution >= 4 is 23.8 Å². The molecule has 0 aliphatic carbocycles. The number of likely N-dealkylation sites (N-methyl/N-ethyl adjacent to an activating group) is 1. The van der Waals surface area contributed by atoms with Gasteiger partial charge in [-0.25, -0.2) is 8.78 Å². The summed E-state index contributed by atoms with van der Waals surface area (Å²) in [5.41, 5.74) is 2.99. The van der Waals surface area contributed by atoms with E-state index in [1.54, 1.807) is 30.3 Å². The maximum Gasteiger partial charge on any atom is 0.255 e. The van der Waals surface area contributed by atoms with Crippen molar-refractivity contribution in [3.63, 3.8) is 0 Å². The highest BCUT2D eigenvalue weighted by molar-refractivity contribution is 6.01. The number of amides is 2. The molecule has 5 rings (SSSR count). The molecule has 2 amide bonds. The van der Waals surface area contributed by atoms with E-state index < -0.39 is 17.7 Å². The molecule has 0 unspecified atom stereocenters. The van der Waals surface area contributed by atoms with Crippen molar-refractivity contribution in [3.8, 4) is 11.8 Å². The van der Waals surface area contributed by atoms with Crippen molar-refractivity contribution in [1.29, 1.82) is 5.26 Å². The van der Waals surface area contributed by atoms with Gasteiger partial charge in [0.25, 0.3) is 5.91 Å². The molecule has 2 aliphatic heterocycles. The number of nitrogens with one attached hydrogen (secondary N) is 1. The minimum Gasteiger partial charge on any atom is -0.488 e. The molecule has 0 bridgehead atoms. The molecule has 0 aromatic heterocycles. The Morgan fingerprint density at radius 2 is 1.85 bits per heavy atom. The Kier molecular flexibility index (Phi) is 11.8. The molecule has 1 fully saturated rings. The number of nitriles is 1. The quantitative estimate of drug-likeness (QED) is 0.308. The average Bonchev–Trinajstić information content (AvgIpc) is 3.42. The molecule has 2 aliphatic rings. The first-order chi connectivity index (χ1) is 22.3. The zero-order valence-corrected chi connectivity index (χ0v) is 25.8. The van der Waals surface area contributed by atoms with Gasteiger partial charge in [-0.3, -0.25) is 14.5 Å². The number of benzene rings is 3. The number of nitrogens with zero attached hydrogens (tertiary/aromatic N) is 4. The van der Waals surface area contributed by atoms with Gasteiger partial charge in [0.15, 0.2) is 0 Å². The van der Waals surface area contributed by atoms with Crippen LogP contribution in [-0.2, 0) is 29.3 Å². The Hall–Kier alpha value is -4.86. The fourth-order valence-electron chi connectivity index (χ4n) is 5.71. The van der Waals surface area contributed by atoms with Gasteiger partial charge in [-0.1, -0.05) is 18.2 Å². The van der Waals surface area contributed by atoms with Crippen LogP contribution in [0, 0.1) is 23.0 Å². The van der Waals surface area contributed by atoms with E-state index in [0.29, 0.717) is 42.1 Å². The smallest absolute Gasteiger partial charge is 0.255 e. The van der Waals surface area contributed by atoms with Crippen molar-refractivity contribution in [2.45, 2.75) is 38.6 Å². The number of aldehydes is 1. The molecule has 0 saturated carbocycles. The number of halogens is 2. The molecule has 2 N–H and O–H groups in total. The van der Waals surface area contributed by atoms with E-state index in [0.717, 1.165) is 37.7 Å². The maximum atomic E-state index is 15.1. The molecule has 46 heavy (non-hydrogen) atoms. The molecular weight excluding hydrogens is 596 g/mol. The normalized spacial score (nSPS) is 14.9. The van der Waals surface area contributed by atoms with Gasteiger partial charge in [-0.15, -0.1) is 0 Å². The number of aliphatic hydroxyl groups excluding tert-OH is 1. The fraction of sp³-hybridized carbons (Fsp3) is 0.353. The summed E-state index contributed by atoms with van der Waals surface area (Å²) in [5.74, 6) is -1.15. The minimum atomic E-state index is -0.787. The first kappa shape index (κ1) is 34.0. The molecular formula is C34H37F2N5O5. The van der Waals surface area contributed by atoms with Gasteiger partial charge >= 0.3 is 0 Å². The number of carbonyl (C=O) groups excluding carboxylic acids is 3. The summed E-state index contributed by atoms with van der Waals surface area (Å²) in [4.78, 5) is 42.3. The molecule has 1 saturated heterocycles. The van der Waals surface area contributed by atoms with E-state index in [1.165, 1.54) is 30.1 Å². The Bertz CT molecular complexity index is 1600. The monoisotopic (exact) mass is 633 g/mol. The second-order valence-electron chi connectivity index (χ2n) is 10.8. The van der Waals surface area contributed by atoms with E-state index in [9.17, 15) is 18.8 Å². The number of anilines is 1. The number of carbonyl (C=O) groups is 3. The van der Waals surface area contributed by atoms with Gasteiger partial charge in [-0.2, -0.15) is 5.26 Å². The maximum absolute atomic E-state index is 15.1. The molecule has 0 radical (unpaired) electrons. The molecule has 12 heteroatoms. The Morgan fingerprint density at radius 1 is 1.09 bits per heavy atom. The van der Waals surface area contributed by atoms with Crippen molar-refractivity contribution in [3.05, 3.63) is 94.0 Å². The molecule has 0 spiro atoms. The summed E-state index contributed by atoms with van der Waals surface area (Å²) in [7, 11) is 2.49. The van der Waals surface area contributed by atoms with Crippen LogP contribution in [-0.4, -0.2) is 79.4 Å². The Balaban J connectivity index is 0.00000235. The van der Waals surface area contributed by atoms with Crippen LogP contribution in [0.5, 0.6) is 5.75 Å². The van der Waals surface area contributed by atoms with Crippen molar-refractivity contribution in [2.75, 3.05) is 45.2 Å². The number of aliphatic hydroxyl groups is 1. The second-order valence-corrected chi connectivity index (χ2v) is 10.8. The van der Waals surface area contributed by atoms with Gasteiger partial charge in [-0.05, 0) is 48.4 Å². The van der Waals surface area contributed by atoms with E-state index in [2.05, 4.69) is 15.1 Å². The second kappa shape index (κ2) is 15.9. The first-order valence-electron chi connectivity index (χ1n) is 14.9. The van der Waals surface area contributed by atoms with Crippen LogP contribution in [0.1, 0.15) is 45.5 Å². The van der Waals surface area contributed by atoms with Crippen LogP contribution in [0.4, 0.5) is 14.5 Å². The molecule has 1 atom stereocenters. The Morgan fingerprint density at radius 3 is 2.50 bits per heavy atom. The predicted octanol–water partition coefficient (Wildman–Crippen LogP) is 3.40. The third-order valence-electron chi connectivity index (χ3n) is 8.15. The lowest BCUT2D eigenvalue weighted by atomic mass is 10.1. The van der Waals surface area contributed by atoms with E-state index in [-0.39, 0.29) is 43.4 Å². The summed E-state index contributed by atoms with van der Waals surface area (Å²) in [5, 5.41) is 18.5.